The molecule has 6 heteroatoms. The van der Waals surface area contributed by atoms with Crippen LogP contribution in [0.15, 0.2) is 74.2 Å². The van der Waals surface area contributed by atoms with Crippen LogP contribution in [0, 0.1) is 27.7 Å². The second kappa shape index (κ2) is 13.8. The molecule has 0 radical (unpaired) electrons. The zero-order valence-corrected chi connectivity index (χ0v) is 35.7. The van der Waals surface area contributed by atoms with Crippen molar-refractivity contribution in [2.75, 3.05) is 0 Å². The van der Waals surface area contributed by atoms with E-state index in [0.717, 1.165) is 39.5 Å². The molecule has 50 heavy (non-hydrogen) atoms. The summed E-state index contributed by atoms with van der Waals surface area (Å²) in [6.07, 6.45) is 0. The maximum absolute atomic E-state index is 7.02. The molecule has 0 aromatic heterocycles. The highest BCUT2D eigenvalue weighted by Gasteiger charge is 2.33. The topological polar surface area (TPSA) is 27.7 Å². The Balaban J connectivity index is 1.65. The van der Waals surface area contributed by atoms with Crippen LogP contribution in [0.1, 0.15) is 128 Å². The van der Waals surface area contributed by atoms with Gasteiger partial charge in [-0.15, -0.1) is 0 Å². The molecule has 4 bridgehead atoms. The second-order valence-corrected chi connectivity index (χ2v) is 21.2. The van der Waals surface area contributed by atoms with Crippen molar-refractivity contribution in [3.8, 4) is 17.2 Å². The molecule has 0 aliphatic carbocycles. The van der Waals surface area contributed by atoms with Crippen molar-refractivity contribution in [3.05, 3.63) is 99.1 Å². The van der Waals surface area contributed by atoms with Gasteiger partial charge in [-0.25, -0.2) is 0 Å². The Morgan fingerprint density at radius 2 is 1.00 bits per heavy atom. The van der Waals surface area contributed by atoms with Gasteiger partial charge in [0.15, 0.2) is 0 Å². The molecule has 268 valence electrons. The fourth-order valence-corrected chi connectivity index (χ4v) is 9.14. The van der Waals surface area contributed by atoms with Crippen LogP contribution < -0.4 is 13.6 Å². The minimum absolute atomic E-state index is 0.0817. The van der Waals surface area contributed by atoms with E-state index in [4.69, 9.17) is 13.6 Å². The van der Waals surface area contributed by atoms with Crippen LogP contribution in [0.4, 0.5) is 0 Å². The zero-order chi connectivity index (χ0) is 37.1. The van der Waals surface area contributed by atoms with E-state index in [0.29, 0.717) is 0 Å². The van der Waals surface area contributed by atoms with Crippen molar-refractivity contribution in [2.45, 2.75) is 152 Å². The van der Waals surface area contributed by atoms with Gasteiger partial charge in [0.2, 0.25) is 0 Å². The Morgan fingerprint density at radius 1 is 0.520 bits per heavy atom. The second-order valence-electron chi connectivity index (χ2n) is 18.0. The van der Waals surface area contributed by atoms with Gasteiger partial charge >= 0.3 is 8.60 Å². The van der Waals surface area contributed by atoms with Crippen LogP contribution in [0.25, 0.3) is 0 Å². The predicted octanol–water partition coefficient (Wildman–Crippen LogP) is 14.5. The van der Waals surface area contributed by atoms with E-state index in [1.807, 2.05) is 23.5 Å². The van der Waals surface area contributed by atoms with Crippen molar-refractivity contribution < 1.29 is 13.6 Å². The maximum atomic E-state index is 7.02. The van der Waals surface area contributed by atoms with Crippen molar-refractivity contribution in [2.24, 2.45) is 0 Å². The van der Waals surface area contributed by atoms with E-state index in [2.05, 4.69) is 165 Å². The van der Waals surface area contributed by atoms with Gasteiger partial charge in [-0.3, -0.25) is 0 Å². The molecule has 4 aromatic carbocycles. The molecule has 4 aliphatic rings. The van der Waals surface area contributed by atoms with Gasteiger partial charge in [-0.1, -0.05) is 119 Å². The van der Waals surface area contributed by atoms with E-state index in [1.54, 1.807) is 0 Å². The Morgan fingerprint density at radius 3 is 1.46 bits per heavy atom. The first-order valence-electron chi connectivity index (χ1n) is 17.7. The van der Waals surface area contributed by atoms with Crippen LogP contribution >= 0.6 is 32.1 Å². The van der Waals surface area contributed by atoms with Gasteiger partial charge in [0.1, 0.15) is 17.2 Å². The molecule has 0 fully saturated rings. The normalized spacial score (nSPS) is 14.2. The molecule has 0 N–H and O–H groups in total. The number of hydrogen-bond acceptors (Lipinski definition) is 5. The third kappa shape index (κ3) is 8.54. The van der Waals surface area contributed by atoms with Crippen molar-refractivity contribution >= 4 is 32.1 Å². The fraction of sp³-hybridized carbons (Fsp3) is 0.455. The smallest absolute Gasteiger partial charge is 0.408 e. The molecule has 4 heterocycles. The predicted molar refractivity (Wildman–Crippen MR) is 217 cm³/mol. The highest BCUT2D eigenvalue weighted by atomic mass is 32.2. The summed E-state index contributed by atoms with van der Waals surface area (Å²) in [7, 11) is -1.90. The van der Waals surface area contributed by atoms with Crippen LogP contribution in [0.5, 0.6) is 17.2 Å². The highest BCUT2D eigenvalue weighted by Crippen LogP contribution is 2.53. The Hall–Kier alpha value is -2.59. The SMILES string of the molecule is Cc1ccc(C(C)(C)C)cc1Sc1cc(C(C)(C)C)c(OP2Oc3cc(C)c(cc3C(C)(C)C)Sc3cc(C(C)(C)C)c(cc3C)O2)cc1C. The summed E-state index contributed by atoms with van der Waals surface area (Å²) in [5.74, 6) is 2.42. The van der Waals surface area contributed by atoms with Crippen LogP contribution in [-0.4, -0.2) is 0 Å². The number of rotatable bonds is 4. The number of hydrogen-bond donors (Lipinski definition) is 0. The largest absolute Gasteiger partial charge is 0.530 e. The third-order valence-corrected chi connectivity index (χ3v) is 12.9. The van der Waals surface area contributed by atoms with E-state index in [-0.39, 0.29) is 21.7 Å². The van der Waals surface area contributed by atoms with Gasteiger partial charge < -0.3 is 13.6 Å². The Bertz CT molecular complexity index is 1850. The molecule has 0 spiro atoms. The van der Waals surface area contributed by atoms with E-state index < -0.39 is 8.60 Å². The summed E-state index contributed by atoms with van der Waals surface area (Å²) in [5, 5.41) is 0. The van der Waals surface area contributed by atoms with E-state index in [1.165, 1.54) is 41.8 Å². The molecular formula is C44H57O3PS2. The molecule has 0 atom stereocenters. The van der Waals surface area contributed by atoms with E-state index >= 15 is 0 Å². The average Bonchev–Trinajstić information content (AvgIpc) is 2.94. The average molecular weight is 729 g/mol. The lowest BCUT2D eigenvalue weighted by molar-refractivity contribution is 0.371. The molecule has 4 aromatic rings. The first kappa shape index (κ1) is 38.6. The Labute approximate surface area is 312 Å². The quantitative estimate of drug-likeness (QED) is 0.195. The zero-order valence-electron chi connectivity index (χ0n) is 33.2. The minimum Gasteiger partial charge on any atom is -0.408 e. The fourth-order valence-electron chi connectivity index (χ4n) is 6.01. The highest BCUT2D eigenvalue weighted by molar-refractivity contribution is 7.99. The lowest BCUT2D eigenvalue weighted by Crippen LogP contribution is -2.18. The van der Waals surface area contributed by atoms with Gasteiger partial charge in [0.05, 0.1) is 0 Å². The van der Waals surface area contributed by atoms with Crippen molar-refractivity contribution in [3.63, 3.8) is 0 Å². The number of benzene rings is 4. The summed E-state index contributed by atoms with van der Waals surface area (Å²) in [4.78, 5) is 4.99. The third-order valence-electron chi connectivity index (χ3n) is 9.27. The number of aryl methyl sites for hydroxylation is 4. The summed E-state index contributed by atoms with van der Waals surface area (Å²) >= 11 is 3.67. The first-order valence-corrected chi connectivity index (χ1v) is 20.4. The summed E-state index contributed by atoms with van der Waals surface area (Å²) in [5.41, 5.74) is 9.13. The van der Waals surface area contributed by atoms with Gasteiger partial charge in [0.25, 0.3) is 0 Å². The molecule has 0 saturated carbocycles. The summed E-state index contributed by atoms with van der Waals surface area (Å²) in [6.45, 7) is 35.7. The van der Waals surface area contributed by atoms with Gasteiger partial charge in [-0.05, 0) is 120 Å². The van der Waals surface area contributed by atoms with Crippen LogP contribution in [0.3, 0.4) is 0 Å². The molecule has 8 rings (SSSR count). The first-order chi connectivity index (χ1) is 22.9. The van der Waals surface area contributed by atoms with E-state index in [9.17, 15) is 0 Å². The summed E-state index contributed by atoms with van der Waals surface area (Å²) < 4.78 is 20.9. The lowest BCUT2D eigenvalue weighted by Gasteiger charge is -2.31. The molecular weight excluding hydrogens is 672 g/mol. The molecule has 0 unspecified atom stereocenters. The summed E-state index contributed by atoms with van der Waals surface area (Å²) in [6, 6.07) is 20.3. The van der Waals surface area contributed by atoms with Crippen LogP contribution in [-0.2, 0) is 21.7 Å². The molecule has 0 amide bonds. The van der Waals surface area contributed by atoms with Crippen LogP contribution in [0.2, 0.25) is 0 Å². The van der Waals surface area contributed by atoms with Gasteiger partial charge in [-0.2, -0.15) is 0 Å². The monoisotopic (exact) mass is 728 g/mol. The van der Waals surface area contributed by atoms with Gasteiger partial charge in [0, 0.05) is 36.3 Å². The molecule has 4 aliphatic heterocycles. The maximum Gasteiger partial charge on any atom is 0.530 e. The lowest BCUT2D eigenvalue weighted by atomic mass is 9.86. The molecule has 3 nitrogen and oxygen atoms in total. The van der Waals surface area contributed by atoms with Crippen molar-refractivity contribution in [1.29, 1.82) is 0 Å². The Kier molecular flexibility index (Phi) is 10.6. The van der Waals surface area contributed by atoms with Crippen molar-refractivity contribution in [1.82, 2.24) is 0 Å². The molecule has 0 saturated heterocycles. The standard InChI is InChI=1S/C44H57O3PS2/c1-26-17-18-30(41(5,6)7)22-37(26)49-38-23-31(42(8,9)10)34(19-27(38)2)45-48-46-35-20-28(3)39(24-32(35)43(11,12)13)50-40-25-33(44(14,15)16)36(47-48)21-29(40)4/h17-25H,1-16H3. The minimum atomic E-state index is -1.90.